The monoisotopic (exact) mass is 290 g/mol. The molecule has 0 atom stereocenters. The Bertz CT molecular complexity index is 465. The first-order valence-electron chi connectivity index (χ1n) is 6.41. The molecule has 1 saturated carbocycles. The summed E-state index contributed by atoms with van der Waals surface area (Å²) in [6, 6.07) is 2.27. The number of nitrogens with two attached hydrogens (primary N) is 1. The Morgan fingerprint density at radius 2 is 2.10 bits per heavy atom. The van der Waals surface area contributed by atoms with Gasteiger partial charge in [0.1, 0.15) is 0 Å². The summed E-state index contributed by atoms with van der Waals surface area (Å²) >= 11 is 0. The van der Waals surface area contributed by atoms with Gasteiger partial charge in [0.15, 0.2) is 11.6 Å². The molecule has 20 heavy (non-hydrogen) atoms. The van der Waals surface area contributed by atoms with Crippen LogP contribution in [0.5, 0.6) is 5.75 Å². The van der Waals surface area contributed by atoms with Gasteiger partial charge in [0.05, 0.1) is 17.5 Å². The van der Waals surface area contributed by atoms with Crippen molar-refractivity contribution >= 4 is 11.4 Å². The quantitative estimate of drug-likeness (QED) is 0.791. The Balaban J connectivity index is 2.01. The fourth-order valence-corrected chi connectivity index (χ4v) is 2.16. The van der Waals surface area contributed by atoms with E-state index in [1.165, 1.54) is 0 Å². The molecule has 1 fully saturated rings. The summed E-state index contributed by atoms with van der Waals surface area (Å²) in [5.74, 6) is -1.42. The summed E-state index contributed by atoms with van der Waals surface area (Å²) in [5, 5.41) is 3.08. The van der Waals surface area contributed by atoms with Gasteiger partial charge in [-0.2, -0.15) is 8.78 Å². The zero-order valence-electron chi connectivity index (χ0n) is 11.0. The van der Waals surface area contributed by atoms with Crippen molar-refractivity contribution in [2.24, 2.45) is 0 Å². The number of hydrogen-bond donors (Lipinski definition) is 2. The maximum atomic E-state index is 13.4. The van der Waals surface area contributed by atoms with Gasteiger partial charge in [0.2, 0.25) is 0 Å². The molecule has 7 heteroatoms. The number of nitrogens with one attached hydrogen (secondary N) is 1. The van der Waals surface area contributed by atoms with E-state index in [1.807, 2.05) is 6.92 Å². The highest BCUT2D eigenvalue weighted by atomic mass is 19.3. The highest BCUT2D eigenvalue weighted by Crippen LogP contribution is 2.33. The van der Waals surface area contributed by atoms with Crippen molar-refractivity contribution in [2.75, 3.05) is 17.7 Å². The van der Waals surface area contributed by atoms with E-state index >= 15 is 0 Å². The van der Waals surface area contributed by atoms with Gasteiger partial charge < -0.3 is 20.5 Å². The maximum absolute atomic E-state index is 13.4. The fourth-order valence-electron chi connectivity index (χ4n) is 2.16. The van der Waals surface area contributed by atoms with Crippen molar-refractivity contribution in [3.05, 3.63) is 17.9 Å². The third-order valence-corrected chi connectivity index (χ3v) is 3.18. The van der Waals surface area contributed by atoms with Crippen LogP contribution in [0.25, 0.3) is 0 Å². The SMILES string of the molecule is CCOC1CC(Nc2cc(OC(F)F)c(F)cc2N)C1. The molecule has 3 N–H and O–H groups in total. The van der Waals surface area contributed by atoms with Crippen molar-refractivity contribution in [1.29, 1.82) is 0 Å². The van der Waals surface area contributed by atoms with E-state index in [2.05, 4.69) is 10.1 Å². The molecule has 1 aromatic rings. The van der Waals surface area contributed by atoms with Crippen LogP contribution in [0.2, 0.25) is 0 Å². The van der Waals surface area contributed by atoms with Crippen LogP contribution in [-0.4, -0.2) is 25.4 Å². The number of nitrogen functional groups attached to an aromatic ring is 1. The summed E-state index contributed by atoms with van der Waals surface area (Å²) in [5.41, 5.74) is 6.21. The van der Waals surface area contributed by atoms with Gasteiger partial charge in [-0.15, -0.1) is 0 Å². The Morgan fingerprint density at radius 1 is 1.40 bits per heavy atom. The predicted octanol–water partition coefficient (Wildman–Crippen LogP) is 2.99. The largest absolute Gasteiger partial charge is 0.432 e. The molecule has 0 aliphatic heterocycles. The Hall–Kier alpha value is -1.63. The fraction of sp³-hybridized carbons (Fsp3) is 0.538. The van der Waals surface area contributed by atoms with Crippen molar-refractivity contribution in [3.63, 3.8) is 0 Å². The molecule has 0 unspecified atom stereocenters. The first-order valence-corrected chi connectivity index (χ1v) is 6.41. The number of hydrogen-bond acceptors (Lipinski definition) is 4. The van der Waals surface area contributed by atoms with Crippen LogP contribution in [0.4, 0.5) is 24.5 Å². The molecule has 0 bridgehead atoms. The van der Waals surface area contributed by atoms with E-state index in [4.69, 9.17) is 10.5 Å². The summed E-state index contributed by atoms with van der Waals surface area (Å²) < 4.78 is 47.2. The van der Waals surface area contributed by atoms with E-state index in [0.717, 1.165) is 25.0 Å². The van der Waals surface area contributed by atoms with Gasteiger partial charge in [-0.05, 0) is 19.8 Å². The van der Waals surface area contributed by atoms with Crippen molar-refractivity contribution < 1.29 is 22.6 Å². The van der Waals surface area contributed by atoms with Gasteiger partial charge >= 0.3 is 6.61 Å². The molecular weight excluding hydrogens is 273 g/mol. The van der Waals surface area contributed by atoms with Gasteiger partial charge in [0, 0.05) is 24.8 Å². The zero-order valence-corrected chi connectivity index (χ0v) is 11.0. The van der Waals surface area contributed by atoms with Gasteiger partial charge in [-0.3, -0.25) is 0 Å². The summed E-state index contributed by atoms with van der Waals surface area (Å²) in [6.07, 6.45) is 1.81. The third kappa shape index (κ3) is 3.47. The zero-order chi connectivity index (χ0) is 14.7. The number of benzene rings is 1. The smallest absolute Gasteiger partial charge is 0.387 e. The second kappa shape index (κ2) is 6.21. The summed E-state index contributed by atoms with van der Waals surface area (Å²) in [7, 11) is 0. The van der Waals surface area contributed by atoms with E-state index in [0.29, 0.717) is 12.3 Å². The highest BCUT2D eigenvalue weighted by molar-refractivity contribution is 5.69. The molecule has 4 nitrogen and oxygen atoms in total. The minimum Gasteiger partial charge on any atom is -0.432 e. The molecule has 1 aliphatic rings. The molecule has 2 rings (SSSR count). The van der Waals surface area contributed by atoms with E-state index in [-0.39, 0.29) is 17.8 Å². The first-order chi connectivity index (χ1) is 9.49. The number of anilines is 2. The van der Waals surface area contributed by atoms with Gasteiger partial charge in [-0.1, -0.05) is 0 Å². The van der Waals surface area contributed by atoms with Crippen molar-refractivity contribution in [2.45, 2.75) is 38.5 Å². The lowest BCUT2D eigenvalue weighted by Crippen LogP contribution is -2.40. The molecule has 0 radical (unpaired) electrons. The average molecular weight is 290 g/mol. The second-order valence-electron chi connectivity index (χ2n) is 4.64. The van der Waals surface area contributed by atoms with Crippen LogP contribution in [0.3, 0.4) is 0 Å². The Kier molecular flexibility index (Phi) is 4.59. The van der Waals surface area contributed by atoms with Crippen LogP contribution in [-0.2, 0) is 4.74 Å². The minimum atomic E-state index is -3.08. The molecule has 1 aromatic carbocycles. The average Bonchev–Trinajstić information content (AvgIpc) is 2.31. The van der Waals surface area contributed by atoms with Crippen molar-refractivity contribution in [3.8, 4) is 5.75 Å². The molecule has 0 spiro atoms. The Labute approximate surface area is 115 Å². The predicted molar refractivity (Wildman–Crippen MR) is 69.5 cm³/mol. The van der Waals surface area contributed by atoms with E-state index in [9.17, 15) is 13.2 Å². The molecule has 1 aliphatic carbocycles. The van der Waals surface area contributed by atoms with E-state index < -0.39 is 18.2 Å². The van der Waals surface area contributed by atoms with E-state index in [1.54, 1.807) is 0 Å². The molecular formula is C13H17F3N2O2. The second-order valence-corrected chi connectivity index (χ2v) is 4.64. The first kappa shape index (κ1) is 14.8. The van der Waals surface area contributed by atoms with Crippen LogP contribution in [0, 0.1) is 5.82 Å². The number of halogens is 3. The standard InChI is InChI=1S/C13H17F3N2O2/c1-2-19-8-3-7(4-8)18-11-6-12(20-13(15)16)9(14)5-10(11)17/h5-8,13,18H,2-4,17H2,1H3. The lowest BCUT2D eigenvalue weighted by atomic mass is 9.89. The number of ether oxygens (including phenoxy) is 2. The molecule has 0 heterocycles. The molecule has 112 valence electrons. The highest BCUT2D eigenvalue weighted by Gasteiger charge is 2.30. The number of alkyl halides is 2. The molecule has 0 amide bonds. The molecule has 0 aromatic heterocycles. The minimum absolute atomic E-state index is 0.138. The Morgan fingerprint density at radius 3 is 2.70 bits per heavy atom. The van der Waals surface area contributed by atoms with Crippen LogP contribution in [0.15, 0.2) is 12.1 Å². The van der Waals surface area contributed by atoms with Gasteiger partial charge in [-0.25, -0.2) is 4.39 Å². The summed E-state index contributed by atoms with van der Waals surface area (Å²) in [4.78, 5) is 0. The van der Waals surface area contributed by atoms with Crippen molar-refractivity contribution in [1.82, 2.24) is 0 Å². The normalized spacial score (nSPS) is 21.6. The van der Waals surface area contributed by atoms with Crippen LogP contribution < -0.4 is 15.8 Å². The topological polar surface area (TPSA) is 56.5 Å². The maximum Gasteiger partial charge on any atom is 0.387 e. The van der Waals surface area contributed by atoms with Gasteiger partial charge in [0.25, 0.3) is 0 Å². The van der Waals surface area contributed by atoms with Crippen LogP contribution in [0.1, 0.15) is 19.8 Å². The lowest BCUT2D eigenvalue weighted by Gasteiger charge is -2.36. The summed E-state index contributed by atoms with van der Waals surface area (Å²) in [6.45, 7) is -0.498. The number of rotatable bonds is 6. The van der Waals surface area contributed by atoms with Crippen LogP contribution >= 0.6 is 0 Å². The molecule has 0 saturated heterocycles. The lowest BCUT2D eigenvalue weighted by molar-refractivity contribution is -0.0521. The third-order valence-electron chi connectivity index (χ3n) is 3.18.